The molecule has 3 rings (SSSR count). The number of rotatable bonds is 6. The molecule has 0 aliphatic heterocycles. The number of nitrogens with zero attached hydrogens (tertiary/aromatic N) is 3. The van der Waals surface area contributed by atoms with Crippen LogP contribution >= 0.6 is 11.3 Å². The van der Waals surface area contributed by atoms with Crippen LogP contribution < -0.4 is 14.8 Å². The molecule has 0 fully saturated rings. The number of aryl methyl sites for hydroxylation is 1. The average Bonchev–Trinajstić information content (AvgIpc) is 3.29. The summed E-state index contributed by atoms with van der Waals surface area (Å²) in [6, 6.07) is 5.29. The summed E-state index contributed by atoms with van der Waals surface area (Å²) in [7, 11) is 5.04. The molecule has 8 heteroatoms. The topological polar surface area (TPSA) is 78.3 Å². The van der Waals surface area contributed by atoms with Gasteiger partial charge in [-0.15, -0.1) is 11.3 Å². The van der Waals surface area contributed by atoms with Crippen molar-refractivity contribution in [2.24, 2.45) is 7.05 Å². The van der Waals surface area contributed by atoms with Gasteiger partial charge in [0.1, 0.15) is 21.4 Å². The van der Waals surface area contributed by atoms with Gasteiger partial charge in [-0.1, -0.05) is 0 Å². The van der Waals surface area contributed by atoms with Gasteiger partial charge >= 0.3 is 0 Å². The van der Waals surface area contributed by atoms with Crippen LogP contribution in [0.5, 0.6) is 11.5 Å². The van der Waals surface area contributed by atoms with Crippen molar-refractivity contribution < 1.29 is 14.3 Å². The number of hydrogen-bond donors (Lipinski definition) is 1. The predicted molar refractivity (Wildman–Crippen MR) is 99.7 cm³/mol. The van der Waals surface area contributed by atoms with Gasteiger partial charge in [0.2, 0.25) is 0 Å². The average molecular weight is 372 g/mol. The smallest absolute Gasteiger partial charge is 0.263 e. The molecule has 1 aromatic carbocycles. The Morgan fingerprint density at radius 2 is 2.08 bits per heavy atom. The maximum Gasteiger partial charge on any atom is 0.263 e. The van der Waals surface area contributed by atoms with Crippen LogP contribution in [0.1, 0.15) is 28.2 Å². The molecule has 136 valence electrons. The molecule has 1 N–H and O–H groups in total. The first-order valence-electron chi connectivity index (χ1n) is 7.99. The normalized spacial score (nSPS) is 11.8. The van der Waals surface area contributed by atoms with Gasteiger partial charge in [0.25, 0.3) is 5.91 Å². The van der Waals surface area contributed by atoms with Gasteiger partial charge in [0.05, 0.1) is 32.7 Å². The molecular formula is C18H20N4O3S. The lowest BCUT2D eigenvalue weighted by Gasteiger charge is -2.17. The first-order chi connectivity index (χ1) is 12.5. The number of hydrogen-bond acceptors (Lipinski definition) is 6. The van der Waals surface area contributed by atoms with Gasteiger partial charge < -0.3 is 14.8 Å². The zero-order valence-electron chi connectivity index (χ0n) is 15.0. The van der Waals surface area contributed by atoms with Crippen LogP contribution in [0.15, 0.2) is 36.8 Å². The van der Waals surface area contributed by atoms with Gasteiger partial charge in [0, 0.05) is 30.4 Å². The van der Waals surface area contributed by atoms with Crippen LogP contribution in [0, 0.1) is 0 Å². The van der Waals surface area contributed by atoms with E-state index in [1.54, 1.807) is 37.4 Å². The molecule has 2 heterocycles. The Labute approximate surface area is 155 Å². The molecule has 0 spiro atoms. The number of amides is 1. The fourth-order valence-corrected chi connectivity index (χ4v) is 3.36. The summed E-state index contributed by atoms with van der Waals surface area (Å²) < 4.78 is 12.3. The van der Waals surface area contributed by atoms with Crippen molar-refractivity contribution in [2.45, 2.75) is 13.0 Å². The van der Waals surface area contributed by atoms with Gasteiger partial charge in [-0.05, 0) is 19.1 Å². The van der Waals surface area contributed by atoms with Gasteiger partial charge in [-0.3, -0.25) is 9.48 Å². The largest absolute Gasteiger partial charge is 0.497 e. The van der Waals surface area contributed by atoms with E-state index in [4.69, 9.17) is 9.47 Å². The fraction of sp³-hybridized carbons (Fsp3) is 0.278. The number of aromatic nitrogens is 3. The molecule has 0 saturated heterocycles. The highest BCUT2D eigenvalue weighted by molar-refractivity contribution is 7.16. The van der Waals surface area contributed by atoms with Crippen LogP contribution in [-0.2, 0) is 7.05 Å². The Morgan fingerprint density at radius 1 is 1.27 bits per heavy atom. The summed E-state index contributed by atoms with van der Waals surface area (Å²) in [5, 5.41) is 7.87. The van der Waals surface area contributed by atoms with E-state index >= 15 is 0 Å². The molecule has 3 aromatic rings. The molecule has 1 atom stereocenters. The third-order valence-corrected chi connectivity index (χ3v) is 4.98. The van der Waals surface area contributed by atoms with E-state index in [0.717, 1.165) is 16.1 Å². The summed E-state index contributed by atoms with van der Waals surface area (Å²) in [5.74, 6) is 1.19. The van der Waals surface area contributed by atoms with Crippen molar-refractivity contribution >= 4 is 17.2 Å². The van der Waals surface area contributed by atoms with Crippen LogP contribution in [0.4, 0.5) is 0 Å². The highest BCUT2D eigenvalue weighted by Crippen LogP contribution is 2.30. The molecule has 7 nitrogen and oxygen atoms in total. The second-order valence-electron chi connectivity index (χ2n) is 5.74. The standard InChI is InChI=1S/C18H20N4O3S/c1-11(14-6-5-13(24-3)7-15(14)25-4)21-17(23)16-9-19-18(26-16)12-8-20-22(2)10-12/h5-11H,1-4H3,(H,21,23). The van der Waals surface area contributed by atoms with E-state index in [1.165, 1.54) is 11.3 Å². The van der Waals surface area contributed by atoms with Gasteiger partial charge in [-0.25, -0.2) is 4.98 Å². The maximum atomic E-state index is 12.6. The zero-order valence-corrected chi connectivity index (χ0v) is 15.8. The number of nitrogens with one attached hydrogen (secondary N) is 1. The maximum absolute atomic E-state index is 12.6. The first-order valence-corrected chi connectivity index (χ1v) is 8.81. The number of carbonyl (C=O) groups excluding carboxylic acids is 1. The van der Waals surface area contributed by atoms with Gasteiger partial charge in [0.15, 0.2) is 0 Å². The van der Waals surface area contributed by atoms with E-state index in [9.17, 15) is 4.79 Å². The van der Waals surface area contributed by atoms with Crippen molar-refractivity contribution in [2.75, 3.05) is 14.2 Å². The number of methoxy groups -OCH3 is 2. The summed E-state index contributed by atoms with van der Waals surface area (Å²) in [6.07, 6.45) is 5.18. The van der Waals surface area contributed by atoms with Crippen molar-refractivity contribution in [1.29, 1.82) is 0 Å². The van der Waals surface area contributed by atoms with Crippen molar-refractivity contribution in [3.8, 4) is 22.1 Å². The number of carbonyl (C=O) groups is 1. The minimum absolute atomic E-state index is 0.178. The van der Waals surface area contributed by atoms with Crippen LogP contribution in [0.25, 0.3) is 10.6 Å². The predicted octanol–water partition coefficient (Wildman–Crippen LogP) is 3.05. The van der Waals surface area contributed by atoms with Crippen molar-refractivity contribution in [3.63, 3.8) is 0 Å². The molecule has 1 unspecified atom stereocenters. The lowest BCUT2D eigenvalue weighted by atomic mass is 10.1. The Morgan fingerprint density at radius 3 is 2.73 bits per heavy atom. The minimum Gasteiger partial charge on any atom is -0.497 e. The Bertz CT molecular complexity index is 919. The number of thiazole rings is 1. The Balaban J connectivity index is 1.75. The Hall–Kier alpha value is -2.87. The summed E-state index contributed by atoms with van der Waals surface area (Å²) in [5.41, 5.74) is 1.76. The van der Waals surface area contributed by atoms with E-state index in [1.807, 2.05) is 32.3 Å². The van der Waals surface area contributed by atoms with Crippen LogP contribution in [0.3, 0.4) is 0 Å². The fourth-order valence-electron chi connectivity index (χ4n) is 2.57. The van der Waals surface area contributed by atoms with E-state index in [2.05, 4.69) is 15.4 Å². The molecule has 0 saturated carbocycles. The lowest BCUT2D eigenvalue weighted by molar-refractivity contribution is 0.0943. The highest BCUT2D eigenvalue weighted by Gasteiger charge is 2.18. The van der Waals surface area contributed by atoms with Crippen molar-refractivity contribution in [1.82, 2.24) is 20.1 Å². The van der Waals surface area contributed by atoms with E-state index in [0.29, 0.717) is 16.4 Å². The van der Waals surface area contributed by atoms with E-state index < -0.39 is 0 Å². The third-order valence-electron chi connectivity index (χ3n) is 3.94. The highest BCUT2D eigenvalue weighted by atomic mass is 32.1. The molecule has 2 aromatic heterocycles. The zero-order chi connectivity index (χ0) is 18.7. The summed E-state index contributed by atoms with van der Waals surface area (Å²) in [4.78, 5) is 17.4. The monoisotopic (exact) mass is 372 g/mol. The Kier molecular flexibility index (Phi) is 5.22. The molecule has 0 aliphatic rings. The summed E-state index contributed by atoms with van der Waals surface area (Å²) >= 11 is 1.33. The molecule has 1 amide bonds. The quantitative estimate of drug-likeness (QED) is 0.719. The SMILES string of the molecule is COc1ccc(C(C)NC(=O)c2cnc(-c3cnn(C)c3)s2)c(OC)c1. The van der Waals surface area contributed by atoms with Crippen LogP contribution in [-0.4, -0.2) is 34.9 Å². The van der Waals surface area contributed by atoms with E-state index in [-0.39, 0.29) is 11.9 Å². The second kappa shape index (κ2) is 7.57. The molecular weight excluding hydrogens is 352 g/mol. The number of ether oxygens (including phenoxy) is 2. The lowest BCUT2D eigenvalue weighted by Crippen LogP contribution is -2.26. The summed E-state index contributed by atoms with van der Waals surface area (Å²) in [6.45, 7) is 1.91. The molecule has 0 radical (unpaired) electrons. The minimum atomic E-state index is -0.229. The van der Waals surface area contributed by atoms with Gasteiger partial charge in [-0.2, -0.15) is 5.10 Å². The van der Waals surface area contributed by atoms with Crippen molar-refractivity contribution in [3.05, 3.63) is 47.2 Å². The number of benzene rings is 1. The molecule has 0 aliphatic carbocycles. The molecule has 0 bridgehead atoms. The second-order valence-corrected chi connectivity index (χ2v) is 6.77. The molecule has 26 heavy (non-hydrogen) atoms. The third kappa shape index (κ3) is 3.70. The van der Waals surface area contributed by atoms with Crippen LogP contribution in [0.2, 0.25) is 0 Å². The first kappa shape index (κ1) is 17.9.